The molecule has 0 amide bonds. The lowest BCUT2D eigenvalue weighted by Gasteiger charge is -2.32. The lowest BCUT2D eigenvalue weighted by molar-refractivity contribution is -0.170. The van der Waals surface area contributed by atoms with Crippen LogP contribution in [0.3, 0.4) is 0 Å². The molecule has 2 heterocycles. The molecule has 0 N–H and O–H groups in total. The molecule has 33 heavy (non-hydrogen) atoms. The third-order valence-electron chi connectivity index (χ3n) is 4.94. The number of hydrogen-bond acceptors (Lipinski definition) is 9. The second-order valence-corrected chi connectivity index (χ2v) is 10.1. The van der Waals surface area contributed by atoms with Crippen molar-refractivity contribution >= 4 is 17.3 Å². The maximum atomic E-state index is 14.2. The number of benzene rings is 1. The Kier molecular flexibility index (Phi) is 8.33. The lowest BCUT2D eigenvalue weighted by Crippen LogP contribution is -2.40. The highest BCUT2D eigenvalue weighted by molar-refractivity contribution is 7.90. The maximum Gasteiger partial charge on any atom is 0.528 e. The Labute approximate surface area is 195 Å². The predicted octanol–water partition coefficient (Wildman–Crippen LogP) is 4.41. The second-order valence-electron chi connectivity index (χ2n) is 8.77. The zero-order valence-electron chi connectivity index (χ0n) is 19.5. The van der Waals surface area contributed by atoms with E-state index in [9.17, 15) is 13.7 Å². The first-order chi connectivity index (χ1) is 15.6. The fourth-order valence-electron chi connectivity index (χ4n) is 3.35. The molecule has 182 valence electrons. The third kappa shape index (κ3) is 7.13. The SMILES string of the molecule is CCC(OC1CCN(OC(=O)OC(C)(C)C)CC1)c1nc(-c2ccc([S+](C)[O-])c(F)c2)no1. The minimum absolute atomic E-state index is 0.0694. The van der Waals surface area contributed by atoms with Gasteiger partial charge in [0.05, 0.1) is 6.10 Å². The van der Waals surface area contributed by atoms with Crippen molar-refractivity contribution < 1.29 is 32.6 Å². The monoisotopic (exact) mass is 483 g/mol. The van der Waals surface area contributed by atoms with Gasteiger partial charge >= 0.3 is 6.16 Å². The minimum atomic E-state index is -1.42. The number of nitrogens with zero attached hydrogens (tertiary/aromatic N) is 3. The van der Waals surface area contributed by atoms with E-state index in [1.807, 2.05) is 6.92 Å². The van der Waals surface area contributed by atoms with Crippen molar-refractivity contribution in [3.8, 4) is 11.4 Å². The van der Waals surface area contributed by atoms with Crippen LogP contribution in [0.5, 0.6) is 0 Å². The molecule has 1 aromatic heterocycles. The Morgan fingerprint density at radius 3 is 2.64 bits per heavy atom. The van der Waals surface area contributed by atoms with Gasteiger partial charge in [0.1, 0.15) is 18.0 Å². The molecule has 1 aliphatic rings. The van der Waals surface area contributed by atoms with Gasteiger partial charge in [0.15, 0.2) is 10.7 Å². The van der Waals surface area contributed by atoms with E-state index in [0.717, 1.165) is 0 Å². The fourth-order valence-corrected chi connectivity index (χ4v) is 3.94. The van der Waals surface area contributed by atoms with Crippen molar-refractivity contribution in [2.45, 2.75) is 69.7 Å². The van der Waals surface area contributed by atoms with Gasteiger partial charge in [-0.15, -0.1) is 5.06 Å². The summed E-state index contributed by atoms with van der Waals surface area (Å²) in [5, 5.41) is 5.52. The molecule has 0 radical (unpaired) electrons. The molecule has 0 aliphatic carbocycles. The van der Waals surface area contributed by atoms with E-state index >= 15 is 0 Å². The van der Waals surface area contributed by atoms with Crippen molar-refractivity contribution in [2.24, 2.45) is 0 Å². The molecule has 0 saturated carbocycles. The van der Waals surface area contributed by atoms with E-state index < -0.39 is 34.9 Å². The third-order valence-corrected chi connectivity index (χ3v) is 5.89. The Hall–Kier alpha value is -2.21. The van der Waals surface area contributed by atoms with Crippen LogP contribution in [0.1, 0.15) is 59.0 Å². The zero-order valence-corrected chi connectivity index (χ0v) is 20.3. The number of halogens is 1. The Balaban J connectivity index is 1.56. The first-order valence-electron chi connectivity index (χ1n) is 10.8. The molecule has 2 atom stereocenters. The minimum Gasteiger partial charge on any atom is -0.612 e. The van der Waals surface area contributed by atoms with Crippen LogP contribution >= 0.6 is 0 Å². The lowest BCUT2D eigenvalue weighted by atomic mass is 10.1. The smallest absolute Gasteiger partial charge is 0.528 e. The van der Waals surface area contributed by atoms with Crippen LogP contribution in [0.25, 0.3) is 11.4 Å². The molecule has 0 bridgehead atoms. The van der Waals surface area contributed by atoms with Crippen molar-refractivity contribution in [1.82, 2.24) is 15.2 Å². The first-order valence-corrected chi connectivity index (χ1v) is 12.4. The van der Waals surface area contributed by atoms with Crippen LogP contribution in [-0.2, 0) is 25.5 Å². The maximum absolute atomic E-state index is 14.2. The highest BCUT2D eigenvalue weighted by atomic mass is 32.2. The van der Waals surface area contributed by atoms with Gasteiger partial charge in [-0.25, -0.2) is 9.18 Å². The van der Waals surface area contributed by atoms with Crippen molar-refractivity contribution in [3.63, 3.8) is 0 Å². The Morgan fingerprint density at radius 1 is 1.36 bits per heavy atom. The predicted molar refractivity (Wildman–Crippen MR) is 118 cm³/mol. The van der Waals surface area contributed by atoms with Crippen molar-refractivity contribution in [3.05, 3.63) is 29.9 Å². The summed E-state index contributed by atoms with van der Waals surface area (Å²) in [5.41, 5.74) is -0.183. The average molecular weight is 484 g/mol. The second kappa shape index (κ2) is 10.8. The molecule has 1 aliphatic heterocycles. The van der Waals surface area contributed by atoms with E-state index in [4.69, 9.17) is 18.8 Å². The van der Waals surface area contributed by atoms with Gasteiger partial charge in [-0.1, -0.05) is 12.1 Å². The van der Waals surface area contributed by atoms with Gasteiger partial charge in [0, 0.05) is 18.7 Å². The molecule has 1 fully saturated rings. The molecule has 1 saturated heterocycles. The number of ether oxygens (including phenoxy) is 2. The Bertz CT molecular complexity index is 940. The van der Waals surface area contributed by atoms with Crippen molar-refractivity contribution in [1.29, 1.82) is 0 Å². The number of carbonyl (C=O) groups is 1. The number of hydrogen-bond donors (Lipinski definition) is 0. The summed E-state index contributed by atoms with van der Waals surface area (Å²) in [4.78, 5) is 21.6. The Morgan fingerprint density at radius 2 is 2.06 bits per heavy atom. The van der Waals surface area contributed by atoms with Crippen LogP contribution in [0.15, 0.2) is 27.6 Å². The van der Waals surface area contributed by atoms with Gasteiger partial charge < -0.3 is 23.4 Å². The summed E-state index contributed by atoms with van der Waals surface area (Å²) in [7, 11) is 0. The standard InChI is InChI=1S/C22H30FN3O6S/c1-6-17(29-15-9-11-26(12-10-15)32-21(27)30-22(2,3)4)20-24-19(25-31-20)14-7-8-18(33(5)28)16(23)13-14/h7-8,13,15,17H,6,9-12H2,1-5H3. The summed E-state index contributed by atoms with van der Waals surface area (Å²) in [6.45, 7) is 8.31. The van der Waals surface area contributed by atoms with Crippen LogP contribution in [0.2, 0.25) is 0 Å². The highest BCUT2D eigenvalue weighted by Gasteiger charge is 2.29. The van der Waals surface area contributed by atoms with E-state index in [-0.39, 0.29) is 16.8 Å². The summed E-state index contributed by atoms with van der Waals surface area (Å²) in [6.07, 6.45) is 2.13. The van der Waals surface area contributed by atoms with Gasteiger partial charge in [0.25, 0.3) is 5.89 Å². The van der Waals surface area contributed by atoms with Crippen LogP contribution in [0.4, 0.5) is 9.18 Å². The molecular weight excluding hydrogens is 453 g/mol. The number of aromatic nitrogens is 2. The van der Waals surface area contributed by atoms with Gasteiger partial charge in [0.2, 0.25) is 5.82 Å². The quantitative estimate of drug-likeness (QED) is 0.418. The fraction of sp³-hybridized carbons (Fsp3) is 0.591. The zero-order chi connectivity index (χ0) is 24.2. The van der Waals surface area contributed by atoms with Crippen molar-refractivity contribution in [2.75, 3.05) is 19.3 Å². The molecule has 3 rings (SSSR count). The number of carbonyl (C=O) groups excluding carboxylic acids is 1. The van der Waals surface area contributed by atoms with Gasteiger partial charge in [-0.3, -0.25) is 0 Å². The summed E-state index contributed by atoms with van der Waals surface area (Å²) >= 11 is -1.42. The molecule has 2 unspecified atom stereocenters. The highest BCUT2D eigenvalue weighted by Crippen LogP contribution is 2.28. The summed E-state index contributed by atoms with van der Waals surface area (Å²) in [5.74, 6) is -0.0354. The molecule has 1 aromatic carbocycles. The first kappa shape index (κ1) is 25.4. The van der Waals surface area contributed by atoms with E-state index in [1.54, 1.807) is 31.9 Å². The molecule has 9 nitrogen and oxygen atoms in total. The van der Waals surface area contributed by atoms with Gasteiger partial charge in [-0.05, 0) is 69.4 Å². The molecule has 0 spiro atoms. The van der Waals surface area contributed by atoms with Gasteiger partial charge in [-0.2, -0.15) is 4.98 Å². The number of piperidine rings is 1. The molecule has 11 heteroatoms. The van der Waals surface area contributed by atoms with Crippen LogP contribution in [0, 0.1) is 5.82 Å². The molecule has 2 aromatic rings. The van der Waals surface area contributed by atoms with E-state index in [2.05, 4.69) is 10.1 Å². The normalized spacial score (nSPS) is 17.5. The summed E-state index contributed by atoms with van der Waals surface area (Å²) in [6, 6.07) is 4.31. The topological polar surface area (TPSA) is 110 Å². The van der Waals surface area contributed by atoms with Crippen LogP contribution < -0.4 is 0 Å². The molecular formula is C22H30FN3O6S. The number of hydroxylamine groups is 2. The summed E-state index contributed by atoms with van der Waals surface area (Å²) < 4.78 is 42.4. The average Bonchev–Trinajstić information content (AvgIpc) is 3.21. The van der Waals surface area contributed by atoms with Crippen LogP contribution in [-0.4, -0.2) is 57.0 Å². The number of rotatable bonds is 7. The van der Waals surface area contributed by atoms with E-state index in [0.29, 0.717) is 43.8 Å². The van der Waals surface area contributed by atoms with E-state index in [1.165, 1.54) is 18.4 Å². The largest absolute Gasteiger partial charge is 0.612 e.